The number of hydrogen-bond acceptors (Lipinski definition) is 4. The van der Waals surface area contributed by atoms with Crippen LogP contribution in [0.3, 0.4) is 0 Å². The molecule has 9 heteroatoms. The van der Waals surface area contributed by atoms with Crippen LogP contribution in [0.1, 0.15) is 16.7 Å². The lowest BCUT2D eigenvalue weighted by molar-refractivity contribution is -0.121. The second-order valence-electron chi connectivity index (χ2n) is 8.68. The Balaban J connectivity index is 1.52. The van der Waals surface area contributed by atoms with E-state index in [1.807, 2.05) is 60.7 Å². The smallest absolute Gasteiger partial charge is 0.333 e. The van der Waals surface area contributed by atoms with Crippen LogP contribution in [-0.2, 0) is 31.0 Å². The Morgan fingerprint density at radius 2 is 1.41 bits per heavy atom. The molecule has 2 aromatic heterocycles. The third-order valence-corrected chi connectivity index (χ3v) is 6.07. The van der Waals surface area contributed by atoms with E-state index in [1.165, 1.54) is 16.7 Å². The van der Waals surface area contributed by atoms with Crippen molar-refractivity contribution in [3.8, 4) is 0 Å². The lowest BCUT2D eigenvalue weighted by Gasteiger charge is -2.13. The lowest BCUT2D eigenvalue weighted by Crippen LogP contribution is -2.44. The lowest BCUT2D eigenvalue weighted by atomic mass is 10.2. The molecule has 0 saturated carbocycles. The van der Waals surface area contributed by atoms with Crippen molar-refractivity contribution in [3.05, 3.63) is 135 Å². The second kappa shape index (κ2) is 10.4. The van der Waals surface area contributed by atoms with E-state index in [0.717, 1.165) is 15.7 Å². The summed E-state index contributed by atoms with van der Waals surface area (Å²) in [6.45, 7) is 0.253. The molecule has 0 saturated heterocycles. The predicted octanol–water partition coefficient (Wildman–Crippen LogP) is 2.91. The molecule has 0 bridgehead atoms. The summed E-state index contributed by atoms with van der Waals surface area (Å²) in [5.74, 6) is -0.885. The van der Waals surface area contributed by atoms with Crippen LogP contribution in [0.15, 0.2) is 101 Å². The highest BCUT2D eigenvalue weighted by atomic mass is 19.1. The van der Waals surface area contributed by atoms with Gasteiger partial charge in [0.15, 0.2) is 11.2 Å². The summed E-state index contributed by atoms with van der Waals surface area (Å²) in [5, 5.41) is 2.70. The van der Waals surface area contributed by atoms with Crippen LogP contribution < -0.4 is 16.6 Å². The van der Waals surface area contributed by atoms with Gasteiger partial charge in [-0.2, -0.15) is 0 Å². The van der Waals surface area contributed by atoms with Gasteiger partial charge in [-0.05, 0) is 28.8 Å². The summed E-state index contributed by atoms with van der Waals surface area (Å²) in [6, 6.07) is 24.7. The zero-order valence-corrected chi connectivity index (χ0v) is 19.9. The number of fused-ring (bicyclic) bond motifs is 1. The minimum absolute atomic E-state index is 0.139. The molecule has 0 aliphatic heterocycles. The van der Waals surface area contributed by atoms with Crippen LogP contribution in [0, 0.1) is 5.82 Å². The monoisotopic (exact) mass is 497 g/mol. The van der Waals surface area contributed by atoms with Crippen molar-refractivity contribution in [1.82, 2.24) is 24.0 Å². The van der Waals surface area contributed by atoms with Gasteiger partial charge in [0.2, 0.25) is 5.91 Å². The Bertz CT molecular complexity index is 1660. The summed E-state index contributed by atoms with van der Waals surface area (Å²) < 4.78 is 17.2. The molecule has 0 unspecified atom stereocenters. The van der Waals surface area contributed by atoms with Gasteiger partial charge >= 0.3 is 5.69 Å². The number of rotatable bonds is 8. The highest BCUT2D eigenvalue weighted by Gasteiger charge is 2.20. The standard InChI is InChI=1S/C28H24FN5O3/c29-23-13-11-20(12-14-23)15-30-24(35)18-34-27(36)25-26(31-19-32(25)16-21-7-3-1-4-8-21)33(28(34)37)17-22-9-5-2-6-10-22/h1-14,19H,15-18H2,(H,30,35). The maximum absolute atomic E-state index is 13.5. The molecule has 3 aromatic carbocycles. The van der Waals surface area contributed by atoms with E-state index >= 15 is 0 Å². The zero-order valence-electron chi connectivity index (χ0n) is 19.9. The third-order valence-electron chi connectivity index (χ3n) is 6.07. The Hall–Kier alpha value is -4.79. The first kappa shape index (κ1) is 23.9. The third kappa shape index (κ3) is 5.25. The van der Waals surface area contributed by atoms with Crippen LogP contribution >= 0.6 is 0 Å². The molecule has 0 fully saturated rings. The first-order chi connectivity index (χ1) is 18.0. The van der Waals surface area contributed by atoms with Crippen LogP contribution in [-0.4, -0.2) is 24.6 Å². The van der Waals surface area contributed by atoms with Gasteiger partial charge in [-0.1, -0.05) is 72.8 Å². The van der Waals surface area contributed by atoms with Crippen molar-refractivity contribution in [1.29, 1.82) is 0 Å². The van der Waals surface area contributed by atoms with E-state index in [1.54, 1.807) is 23.0 Å². The summed E-state index contributed by atoms with van der Waals surface area (Å²) in [6.07, 6.45) is 1.54. The van der Waals surface area contributed by atoms with Gasteiger partial charge in [0.05, 0.1) is 12.9 Å². The number of nitrogens with zero attached hydrogens (tertiary/aromatic N) is 4. The van der Waals surface area contributed by atoms with E-state index in [9.17, 15) is 18.8 Å². The second-order valence-corrected chi connectivity index (χ2v) is 8.68. The number of halogens is 1. The van der Waals surface area contributed by atoms with Crippen LogP contribution in [0.5, 0.6) is 0 Å². The van der Waals surface area contributed by atoms with Gasteiger partial charge in [0.1, 0.15) is 12.4 Å². The first-order valence-corrected chi connectivity index (χ1v) is 11.8. The molecule has 5 rings (SSSR count). The molecule has 0 atom stereocenters. The fourth-order valence-corrected chi connectivity index (χ4v) is 4.19. The zero-order chi connectivity index (χ0) is 25.8. The van der Waals surface area contributed by atoms with E-state index in [4.69, 9.17) is 0 Å². The fourth-order valence-electron chi connectivity index (χ4n) is 4.19. The molecule has 1 N–H and O–H groups in total. The average Bonchev–Trinajstić information content (AvgIpc) is 3.33. The summed E-state index contributed by atoms with van der Waals surface area (Å²) >= 11 is 0. The molecule has 37 heavy (non-hydrogen) atoms. The Morgan fingerprint density at radius 3 is 2.05 bits per heavy atom. The molecule has 0 aliphatic rings. The van der Waals surface area contributed by atoms with Crippen molar-refractivity contribution in [2.24, 2.45) is 0 Å². The number of benzene rings is 3. The topological polar surface area (TPSA) is 90.9 Å². The molecule has 8 nitrogen and oxygen atoms in total. The number of carbonyl (C=O) groups excluding carboxylic acids is 1. The summed E-state index contributed by atoms with van der Waals surface area (Å²) in [7, 11) is 0. The fraction of sp³-hybridized carbons (Fsp3) is 0.143. The van der Waals surface area contributed by atoms with E-state index < -0.39 is 23.7 Å². The number of nitrogens with one attached hydrogen (secondary N) is 1. The SMILES string of the molecule is O=C(Cn1c(=O)c2c(ncn2Cc2ccccc2)n(Cc2ccccc2)c1=O)NCc1ccc(F)cc1. The maximum atomic E-state index is 13.5. The number of hydrogen-bond donors (Lipinski definition) is 1. The minimum Gasteiger partial charge on any atom is -0.350 e. The Labute approximate surface area is 211 Å². The van der Waals surface area contributed by atoms with Crippen molar-refractivity contribution < 1.29 is 9.18 Å². The van der Waals surface area contributed by atoms with Crippen LogP contribution in [0.4, 0.5) is 4.39 Å². The van der Waals surface area contributed by atoms with Crippen molar-refractivity contribution in [2.75, 3.05) is 0 Å². The maximum Gasteiger partial charge on any atom is 0.333 e. The van der Waals surface area contributed by atoms with E-state index in [-0.39, 0.29) is 30.1 Å². The molecular formula is C28H24FN5O3. The Kier molecular flexibility index (Phi) is 6.76. The van der Waals surface area contributed by atoms with Crippen molar-refractivity contribution in [3.63, 3.8) is 0 Å². The molecule has 0 radical (unpaired) electrons. The van der Waals surface area contributed by atoms with E-state index in [2.05, 4.69) is 10.3 Å². The van der Waals surface area contributed by atoms with Gasteiger partial charge in [-0.3, -0.25) is 14.2 Å². The van der Waals surface area contributed by atoms with Gasteiger partial charge in [0, 0.05) is 13.1 Å². The normalized spacial score (nSPS) is 11.1. The van der Waals surface area contributed by atoms with Gasteiger partial charge in [-0.25, -0.2) is 18.7 Å². The average molecular weight is 498 g/mol. The van der Waals surface area contributed by atoms with Gasteiger partial charge in [0.25, 0.3) is 5.56 Å². The molecule has 1 amide bonds. The first-order valence-electron chi connectivity index (χ1n) is 11.8. The molecular weight excluding hydrogens is 473 g/mol. The molecule has 0 aliphatic carbocycles. The number of carbonyl (C=O) groups is 1. The quantitative estimate of drug-likeness (QED) is 0.357. The summed E-state index contributed by atoms with van der Waals surface area (Å²) in [5.41, 5.74) is 1.81. The van der Waals surface area contributed by atoms with Crippen LogP contribution in [0.25, 0.3) is 11.2 Å². The molecule has 0 spiro atoms. The number of aromatic nitrogens is 4. The number of amides is 1. The van der Waals surface area contributed by atoms with Gasteiger partial charge < -0.3 is 9.88 Å². The van der Waals surface area contributed by atoms with Gasteiger partial charge in [-0.15, -0.1) is 0 Å². The largest absolute Gasteiger partial charge is 0.350 e. The molecule has 5 aromatic rings. The van der Waals surface area contributed by atoms with Crippen molar-refractivity contribution >= 4 is 17.1 Å². The highest BCUT2D eigenvalue weighted by molar-refractivity contribution is 5.76. The molecule has 186 valence electrons. The molecule has 2 heterocycles. The highest BCUT2D eigenvalue weighted by Crippen LogP contribution is 2.12. The minimum atomic E-state index is -0.622. The number of imidazole rings is 1. The predicted molar refractivity (Wildman–Crippen MR) is 138 cm³/mol. The van der Waals surface area contributed by atoms with E-state index in [0.29, 0.717) is 12.1 Å². The summed E-state index contributed by atoms with van der Waals surface area (Å²) in [4.78, 5) is 44.2. The van der Waals surface area contributed by atoms with Crippen LogP contribution in [0.2, 0.25) is 0 Å². The Morgan fingerprint density at radius 1 is 0.784 bits per heavy atom. The van der Waals surface area contributed by atoms with Crippen molar-refractivity contribution in [2.45, 2.75) is 26.2 Å².